The Labute approximate surface area is 91.3 Å². The minimum absolute atomic E-state index is 0.164. The van der Waals surface area contributed by atoms with Gasteiger partial charge < -0.3 is 11.1 Å². The van der Waals surface area contributed by atoms with E-state index >= 15 is 0 Å². The molecule has 0 saturated carbocycles. The van der Waals surface area contributed by atoms with Gasteiger partial charge in [-0.15, -0.1) is 0 Å². The van der Waals surface area contributed by atoms with E-state index in [4.69, 9.17) is 5.73 Å². The van der Waals surface area contributed by atoms with Gasteiger partial charge in [0.05, 0.1) is 6.20 Å². The SMILES string of the molecule is CC(C)(C)C(CCN)Nc1cnccn1. The van der Waals surface area contributed by atoms with Crippen LogP contribution in [-0.4, -0.2) is 22.6 Å². The van der Waals surface area contributed by atoms with Crippen LogP contribution in [0.15, 0.2) is 18.6 Å². The number of nitrogens with one attached hydrogen (secondary N) is 1. The first-order valence-electron chi connectivity index (χ1n) is 5.26. The van der Waals surface area contributed by atoms with E-state index in [1.165, 1.54) is 0 Å². The Kier molecular flexibility index (Phi) is 4.03. The van der Waals surface area contributed by atoms with Crippen LogP contribution in [0, 0.1) is 5.41 Å². The van der Waals surface area contributed by atoms with Crippen molar-refractivity contribution < 1.29 is 0 Å². The Morgan fingerprint density at radius 1 is 1.40 bits per heavy atom. The van der Waals surface area contributed by atoms with E-state index in [9.17, 15) is 0 Å². The summed E-state index contributed by atoms with van der Waals surface area (Å²) in [6, 6.07) is 0.319. The van der Waals surface area contributed by atoms with E-state index in [-0.39, 0.29) is 5.41 Å². The lowest BCUT2D eigenvalue weighted by atomic mass is 9.85. The Morgan fingerprint density at radius 3 is 2.60 bits per heavy atom. The van der Waals surface area contributed by atoms with Gasteiger partial charge in [0, 0.05) is 18.4 Å². The first kappa shape index (κ1) is 11.9. The maximum absolute atomic E-state index is 5.60. The van der Waals surface area contributed by atoms with E-state index in [0.717, 1.165) is 12.2 Å². The Morgan fingerprint density at radius 2 is 2.13 bits per heavy atom. The van der Waals surface area contributed by atoms with Crippen molar-refractivity contribution in [3.05, 3.63) is 18.6 Å². The molecule has 4 heteroatoms. The molecule has 0 fully saturated rings. The molecule has 84 valence electrons. The summed E-state index contributed by atoms with van der Waals surface area (Å²) in [6.07, 6.45) is 6.01. The van der Waals surface area contributed by atoms with Crippen molar-refractivity contribution in [2.24, 2.45) is 11.1 Å². The molecule has 0 amide bonds. The molecule has 1 rings (SSSR count). The van der Waals surface area contributed by atoms with Gasteiger partial charge in [-0.3, -0.25) is 4.98 Å². The third-order valence-electron chi connectivity index (χ3n) is 2.39. The molecule has 0 saturated heterocycles. The van der Waals surface area contributed by atoms with Crippen LogP contribution in [0.1, 0.15) is 27.2 Å². The van der Waals surface area contributed by atoms with Crippen LogP contribution in [0.3, 0.4) is 0 Å². The lowest BCUT2D eigenvalue weighted by molar-refractivity contribution is 0.328. The van der Waals surface area contributed by atoms with Gasteiger partial charge in [0.1, 0.15) is 5.82 Å². The van der Waals surface area contributed by atoms with E-state index in [2.05, 4.69) is 36.1 Å². The van der Waals surface area contributed by atoms with Crippen LogP contribution in [-0.2, 0) is 0 Å². The number of nitrogens with zero attached hydrogens (tertiary/aromatic N) is 2. The summed E-state index contributed by atoms with van der Waals surface area (Å²) < 4.78 is 0. The molecule has 0 radical (unpaired) electrons. The Bertz CT molecular complexity index is 278. The first-order chi connectivity index (χ1) is 7.04. The van der Waals surface area contributed by atoms with E-state index in [0.29, 0.717) is 12.6 Å². The van der Waals surface area contributed by atoms with E-state index in [1.54, 1.807) is 18.6 Å². The van der Waals surface area contributed by atoms with Gasteiger partial charge >= 0.3 is 0 Å². The second-order valence-corrected chi connectivity index (χ2v) is 4.73. The summed E-state index contributed by atoms with van der Waals surface area (Å²) in [5.74, 6) is 0.811. The van der Waals surface area contributed by atoms with Gasteiger partial charge in [0.2, 0.25) is 0 Å². The highest BCUT2D eigenvalue weighted by Gasteiger charge is 2.23. The minimum Gasteiger partial charge on any atom is -0.365 e. The summed E-state index contributed by atoms with van der Waals surface area (Å²) in [5.41, 5.74) is 5.77. The van der Waals surface area contributed by atoms with Crippen molar-refractivity contribution in [3.8, 4) is 0 Å². The molecule has 3 N–H and O–H groups in total. The molecule has 1 atom stereocenters. The third kappa shape index (κ3) is 3.83. The smallest absolute Gasteiger partial charge is 0.144 e. The predicted molar refractivity (Wildman–Crippen MR) is 62.6 cm³/mol. The normalized spacial score (nSPS) is 13.6. The average Bonchev–Trinajstić information content (AvgIpc) is 2.17. The Balaban J connectivity index is 2.67. The molecule has 0 bridgehead atoms. The quantitative estimate of drug-likeness (QED) is 0.789. The van der Waals surface area contributed by atoms with Gasteiger partial charge in [0.15, 0.2) is 0 Å². The summed E-state index contributed by atoms with van der Waals surface area (Å²) in [7, 11) is 0. The van der Waals surface area contributed by atoms with Gasteiger partial charge in [-0.2, -0.15) is 0 Å². The van der Waals surface area contributed by atoms with Crippen LogP contribution in [0.4, 0.5) is 5.82 Å². The van der Waals surface area contributed by atoms with Gasteiger partial charge in [0.25, 0.3) is 0 Å². The average molecular weight is 208 g/mol. The minimum atomic E-state index is 0.164. The van der Waals surface area contributed by atoms with Crippen molar-refractivity contribution in [1.82, 2.24) is 9.97 Å². The standard InChI is InChI=1S/C11H20N4/c1-11(2,3)9(4-5-12)15-10-8-13-6-7-14-10/h6-9H,4-5,12H2,1-3H3,(H,14,15). The molecule has 0 spiro atoms. The predicted octanol–water partition coefficient (Wildman–Crippen LogP) is 1.65. The first-order valence-corrected chi connectivity index (χ1v) is 5.26. The number of hydrogen-bond acceptors (Lipinski definition) is 4. The molecular formula is C11H20N4. The fourth-order valence-corrected chi connectivity index (χ4v) is 1.44. The van der Waals surface area contributed by atoms with Crippen LogP contribution >= 0.6 is 0 Å². The number of nitrogens with two attached hydrogens (primary N) is 1. The highest BCUT2D eigenvalue weighted by molar-refractivity contribution is 5.32. The van der Waals surface area contributed by atoms with Crippen molar-refractivity contribution in [1.29, 1.82) is 0 Å². The lowest BCUT2D eigenvalue weighted by Gasteiger charge is -2.31. The maximum atomic E-state index is 5.60. The van der Waals surface area contributed by atoms with Gasteiger partial charge in [-0.05, 0) is 18.4 Å². The molecule has 1 aromatic rings. The zero-order valence-electron chi connectivity index (χ0n) is 9.70. The fourth-order valence-electron chi connectivity index (χ4n) is 1.44. The zero-order valence-corrected chi connectivity index (χ0v) is 9.70. The molecule has 15 heavy (non-hydrogen) atoms. The molecule has 0 aliphatic carbocycles. The highest BCUT2D eigenvalue weighted by atomic mass is 15.0. The Hall–Kier alpha value is -1.16. The molecule has 4 nitrogen and oxygen atoms in total. The number of anilines is 1. The molecule has 1 aromatic heterocycles. The van der Waals surface area contributed by atoms with E-state index < -0.39 is 0 Å². The molecule has 0 aliphatic heterocycles. The fraction of sp³-hybridized carbons (Fsp3) is 0.636. The third-order valence-corrected chi connectivity index (χ3v) is 2.39. The summed E-state index contributed by atoms with van der Waals surface area (Å²) in [5, 5.41) is 3.37. The maximum Gasteiger partial charge on any atom is 0.144 e. The molecule has 1 heterocycles. The lowest BCUT2D eigenvalue weighted by Crippen LogP contribution is -2.36. The van der Waals surface area contributed by atoms with Crippen LogP contribution in [0.5, 0.6) is 0 Å². The molecule has 0 aromatic carbocycles. The molecular weight excluding hydrogens is 188 g/mol. The topological polar surface area (TPSA) is 63.8 Å². The van der Waals surface area contributed by atoms with Crippen molar-refractivity contribution in [3.63, 3.8) is 0 Å². The molecule has 1 unspecified atom stereocenters. The van der Waals surface area contributed by atoms with Crippen LogP contribution in [0.2, 0.25) is 0 Å². The van der Waals surface area contributed by atoms with Crippen molar-refractivity contribution in [2.45, 2.75) is 33.2 Å². The number of rotatable bonds is 4. The summed E-state index contributed by atoms with van der Waals surface area (Å²) in [4.78, 5) is 8.22. The van der Waals surface area contributed by atoms with Gasteiger partial charge in [-0.1, -0.05) is 20.8 Å². The summed E-state index contributed by atoms with van der Waals surface area (Å²) >= 11 is 0. The van der Waals surface area contributed by atoms with Crippen LogP contribution in [0.25, 0.3) is 0 Å². The largest absolute Gasteiger partial charge is 0.365 e. The summed E-state index contributed by atoms with van der Waals surface area (Å²) in [6.45, 7) is 7.25. The number of hydrogen-bond donors (Lipinski definition) is 2. The zero-order chi connectivity index (χ0) is 11.3. The van der Waals surface area contributed by atoms with Crippen LogP contribution < -0.4 is 11.1 Å². The second kappa shape index (κ2) is 5.07. The van der Waals surface area contributed by atoms with Gasteiger partial charge in [-0.25, -0.2) is 4.98 Å². The van der Waals surface area contributed by atoms with Crippen molar-refractivity contribution >= 4 is 5.82 Å². The van der Waals surface area contributed by atoms with E-state index in [1.807, 2.05) is 0 Å². The highest BCUT2D eigenvalue weighted by Crippen LogP contribution is 2.24. The number of aromatic nitrogens is 2. The second-order valence-electron chi connectivity index (χ2n) is 4.73. The molecule has 0 aliphatic rings. The monoisotopic (exact) mass is 208 g/mol. The van der Waals surface area contributed by atoms with Crippen molar-refractivity contribution in [2.75, 3.05) is 11.9 Å².